The second-order valence-corrected chi connectivity index (χ2v) is 6.48. The first-order valence-corrected chi connectivity index (χ1v) is 8.13. The zero-order valence-electron chi connectivity index (χ0n) is 14.1. The number of imidazole rings is 1. The van der Waals surface area contributed by atoms with Crippen LogP contribution >= 0.6 is 0 Å². The Kier molecular flexibility index (Phi) is 4.56. The molecule has 1 saturated heterocycles. The molecule has 2 aliphatic rings. The van der Waals surface area contributed by atoms with Gasteiger partial charge in [-0.25, -0.2) is 4.98 Å². The van der Waals surface area contributed by atoms with Gasteiger partial charge < -0.3 is 24.4 Å². The summed E-state index contributed by atoms with van der Waals surface area (Å²) >= 11 is 0. The lowest BCUT2D eigenvalue weighted by molar-refractivity contribution is 0.0151. The molecule has 1 fully saturated rings. The Labute approximate surface area is 136 Å². The summed E-state index contributed by atoms with van der Waals surface area (Å²) in [6.45, 7) is 6.24. The SMILES string of the molecule is CN1CCN(CCCn2cnc3c2C(=O)N(C)C(O)N3C)CC1. The van der Waals surface area contributed by atoms with Crippen LogP contribution in [0.15, 0.2) is 6.33 Å². The minimum atomic E-state index is -0.955. The summed E-state index contributed by atoms with van der Waals surface area (Å²) in [5.41, 5.74) is 0.568. The highest BCUT2D eigenvalue weighted by atomic mass is 16.3. The molecule has 23 heavy (non-hydrogen) atoms. The van der Waals surface area contributed by atoms with Gasteiger partial charge in [0.15, 0.2) is 11.5 Å². The van der Waals surface area contributed by atoms with E-state index in [1.165, 1.54) is 4.90 Å². The number of hydrogen-bond acceptors (Lipinski definition) is 6. The molecule has 3 rings (SSSR count). The Hall–Kier alpha value is -1.64. The van der Waals surface area contributed by atoms with E-state index in [0.29, 0.717) is 11.5 Å². The molecule has 0 radical (unpaired) electrons. The van der Waals surface area contributed by atoms with Gasteiger partial charge in [0, 0.05) is 46.8 Å². The van der Waals surface area contributed by atoms with Gasteiger partial charge in [-0.15, -0.1) is 0 Å². The van der Waals surface area contributed by atoms with Crippen molar-refractivity contribution >= 4 is 11.7 Å². The molecule has 3 heterocycles. The Morgan fingerprint density at radius 2 is 1.83 bits per heavy atom. The third-order valence-electron chi connectivity index (χ3n) is 4.84. The molecule has 0 bridgehead atoms. The van der Waals surface area contributed by atoms with Crippen molar-refractivity contribution in [1.82, 2.24) is 24.3 Å². The molecule has 1 aromatic rings. The van der Waals surface area contributed by atoms with Crippen molar-refractivity contribution in [2.24, 2.45) is 0 Å². The molecule has 1 amide bonds. The number of amides is 1. The number of carbonyl (C=O) groups is 1. The van der Waals surface area contributed by atoms with Gasteiger partial charge in [-0.1, -0.05) is 0 Å². The molecule has 2 aliphatic heterocycles. The third kappa shape index (κ3) is 3.06. The molecule has 0 saturated carbocycles. The van der Waals surface area contributed by atoms with Gasteiger partial charge in [0.1, 0.15) is 0 Å². The van der Waals surface area contributed by atoms with E-state index in [1.54, 1.807) is 25.3 Å². The van der Waals surface area contributed by atoms with Crippen LogP contribution in [0.2, 0.25) is 0 Å². The fraction of sp³-hybridized carbons (Fsp3) is 0.733. The van der Waals surface area contributed by atoms with Crippen LogP contribution in [-0.4, -0.2) is 95.5 Å². The zero-order chi connectivity index (χ0) is 16.6. The number of nitrogens with zero attached hydrogens (tertiary/aromatic N) is 6. The predicted molar refractivity (Wildman–Crippen MR) is 87.3 cm³/mol. The molecular formula is C15H26N6O2. The first kappa shape index (κ1) is 16.2. The number of fused-ring (bicyclic) bond motifs is 1. The second-order valence-electron chi connectivity index (χ2n) is 6.48. The summed E-state index contributed by atoms with van der Waals surface area (Å²) in [6.07, 6.45) is 1.73. The molecule has 0 aliphatic carbocycles. The van der Waals surface area contributed by atoms with Crippen LogP contribution in [0.3, 0.4) is 0 Å². The first-order valence-electron chi connectivity index (χ1n) is 8.13. The van der Waals surface area contributed by atoms with Crippen LogP contribution in [0.5, 0.6) is 0 Å². The maximum Gasteiger partial charge on any atom is 0.277 e. The van der Waals surface area contributed by atoms with Crippen molar-refractivity contribution in [3.8, 4) is 0 Å². The standard InChI is InChI=1S/C15H26N6O2/c1-17-7-9-20(10-8-17)5-4-6-21-11-16-13-12(21)14(22)19(3)15(23)18(13)2/h11,15,23H,4-10H2,1-3H3. The summed E-state index contributed by atoms with van der Waals surface area (Å²) in [4.78, 5) is 24.5. The van der Waals surface area contributed by atoms with Crippen molar-refractivity contribution in [2.45, 2.75) is 19.3 Å². The van der Waals surface area contributed by atoms with Crippen molar-refractivity contribution in [1.29, 1.82) is 0 Å². The zero-order valence-corrected chi connectivity index (χ0v) is 14.1. The molecule has 1 N–H and O–H groups in total. The average Bonchev–Trinajstić information content (AvgIpc) is 2.97. The number of aromatic nitrogens is 2. The lowest BCUT2D eigenvalue weighted by Gasteiger charge is -2.36. The quantitative estimate of drug-likeness (QED) is 0.792. The largest absolute Gasteiger partial charge is 0.356 e. The molecule has 0 spiro atoms. The maximum atomic E-state index is 12.4. The van der Waals surface area contributed by atoms with E-state index in [9.17, 15) is 9.90 Å². The van der Waals surface area contributed by atoms with E-state index in [4.69, 9.17) is 0 Å². The molecule has 0 aromatic carbocycles. The number of anilines is 1. The third-order valence-corrected chi connectivity index (χ3v) is 4.84. The van der Waals surface area contributed by atoms with Crippen molar-refractivity contribution < 1.29 is 9.90 Å². The van der Waals surface area contributed by atoms with E-state index in [1.807, 2.05) is 4.57 Å². The van der Waals surface area contributed by atoms with Crippen LogP contribution < -0.4 is 4.90 Å². The normalized spacial score (nSPS) is 23.5. The van der Waals surface area contributed by atoms with E-state index in [0.717, 1.165) is 45.7 Å². The van der Waals surface area contributed by atoms with Gasteiger partial charge in [0.2, 0.25) is 6.35 Å². The van der Waals surface area contributed by atoms with Crippen molar-refractivity contribution in [3.63, 3.8) is 0 Å². The van der Waals surface area contributed by atoms with E-state index in [-0.39, 0.29) is 5.91 Å². The highest BCUT2D eigenvalue weighted by Crippen LogP contribution is 2.26. The predicted octanol–water partition coefficient (Wildman–Crippen LogP) is -0.682. The van der Waals surface area contributed by atoms with Crippen molar-refractivity contribution in [2.75, 3.05) is 58.8 Å². The fourth-order valence-electron chi connectivity index (χ4n) is 3.20. The van der Waals surface area contributed by atoms with E-state index in [2.05, 4.69) is 21.8 Å². The summed E-state index contributed by atoms with van der Waals surface area (Å²) in [5, 5.41) is 10.0. The van der Waals surface area contributed by atoms with Gasteiger partial charge in [-0.3, -0.25) is 9.69 Å². The Bertz CT molecular complexity index is 566. The van der Waals surface area contributed by atoms with Gasteiger partial charge >= 0.3 is 0 Å². The van der Waals surface area contributed by atoms with E-state index >= 15 is 0 Å². The summed E-state index contributed by atoms with van der Waals surface area (Å²) < 4.78 is 1.91. The minimum absolute atomic E-state index is 0.178. The van der Waals surface area contributed by atoms with Gasteiger partial charge in [-0.05, 0) is 20.0 Å². The fourth-order valence-corrected chi connectivity index (χ4v) is 3.20. The molecule has 128 valence electrons. The second kappa shape index (κ2) is 6.46. The molecule has 8 heteroatoms. The molecule has 8 nitrogen and oxygen atoms in total. The number of aliphatic hydroxyl groups excluding tert-OH is 1. The van der Waals surface area contributed by atoms with Crippen LogP contribution in [-0.2, 0) is 6.54 Å². The lowest BCUT2D eigenvalue weighted by Crippen LogP contribution is -2.52. The first-order chi connectivity index (χ1) is 11.0. The Morgan fingerprint density at radius 1 is 1.13 bits per heavy atom. The number of aliphatic hydroxyl groups is 1. The number of carbonyl (C=O) groups excluding carboxylic acids is 1. The Morgan fingerprint density at radius 3 is 2.52 bits per heavy atom. The van der Waals surface area contributed by atoms with Crippen molar-refractivity contribution in [3.05, 3.63) is 12.0 Å². The van der Waals surface area contributed by atoms with Gasteiger partial charge in [0.05, 0.1) is 6.33 Å². The number of piperazine rings is 1. The van der Waals surface area contributed by atoms with Gasteiger partial charge in [0.25, 0.3) is 5.91 Å². The van der Waals surface area contributed by atoms with E-state index < -0.39 is 6.35 Å². The van der Waals surface area contributed by atoms with Crippen LogP contribution in [0, 0.1) is 0 Å². The number of rotatable bonds is 4. The molecule has 1 unspecified atom stereocenters. The summed E-state index contributed by atoms with van der Waals surface area (Å²) in [6, 6.07) is 0. The number of aryl methyl sites for hydroxylation is 1. The van der Waals surface area contributed by atoms with Crippen LogP contribution in [0.4, 0.5) is 5.82 Å². The Balaban J connectivity index is 1.62. The lowest BCUT2D eigenvalue weighted by atomic mass is 10.2. The monoisotopic (exact) mass is 322 g/mol. The topological polar surface area (TPSA) is 68.1 Å². The highest BCUT2D eigenvalue weighted by molar-refractivity contribution is 5.99. The minimum Gasteiger partial charge on any atom is -0.356 e. The smallest absolute Gasteiger partial charge is 0.277 e. The molecular weight excluding hydrogens is 296 g/mol. The summed E-state index contributed by atoms with van der Waals surface area (Å²) in [7, 11) is 5.50. The average molecular weight is 322 g/mol. The number of hydrogen-bond donors (Lipinski definition) is 1. The molecule has 1 atom stereocenters. The number of likely N-dealkylation sites (N-methyl/N-ethyl adjacent to an activating group) is 1. The molecule has 1 aromatic heterocycles. The highest BCUT2D eigenvalue weighted by Gasteiger charge is 2.36. The summed E-state index contributed by atoms with van der Waals surface area (Å²) in [5.74, 6) is 0.378. The maximum absolute atomic E-state index is 12.4. The van der Waals surface area contributed by atoms with Gasteiger partial charge in [-0.2, -0.15) is 0 Å². The van der Waals surface area contributed by atoms with Crippen LogP contribution in [0.25, 0.3) is 0 Å². The van der Waals surface area contributed by atoms with Crippen LogP contribution in [0.1, 0.15) is 16.9 Å².